The molecule has 0 bridgehead atoms. The fourth-order valence-electron chi connectivity index (χ4n) is 1.82. The molecule has 0 aliphatic heterocycles. The maximum Gasteiger partial charge on any atom is 0.242 e. The van der Waals surface area contributed by atoms with E-state index in [2.05, 4.69) is 17.3 Å². The van der Waals surface area contributed by atoms with Crippen molar-refractivity contribution in [3.05, 3.63) is 17.0 Å². The number of hydrogen-bond acceptors (Lipinski definition) is 3. The van der Waals surface area contributed by atoms with E-state index in [4.69, 9.17) is 5.73 Å². The molecule has 1 heterocycles. The Morgan fingerprint density at radius 3 is 2.50 bits per heavy atom. The Bertz CT molecular complexity index is 434. The molecule has 1 aromatic heterocycles. The Morgan fingerprint density at radius 2 is 2.06 bits per heavy atom. The molecule has 0 aliphatic rings. The minimum atomic E-state index is -0.177. The molecule has 0 saturated carbocycles. The fraction of sp³-hybridized carbons (Fsp3) is 0.692. The first kappa shape index (κ1) is 14.7. The molecule has 0 saturated heterocycles. The molecule has 1 aromatic rings. The zero-order chi connectivity index (χ0) is 13.9. The summed E-state index contributed by atoms with van der Waals surface area (Å²) >= 11 is 0. The molecule has 18 heavy (non-hydrogen) atoms. The third-order valence-corrected chi connectivity index (χ3v) is 3.39. The van der Waals surface area contributed by atoms with E-state index in [1.165, 1.54) is 0 Å². The van der Waals surface area contributed by atoms with Crippen molar-refractivity contribution in [2.24, 2.45) is 5.73 Å². The molecule has 0 spiro atoms. The molecule has 3 N–H and O–H groups in total. The summed E-state index contributed by atoms with van der Waals surface area (Å²) in [6.07, 6.45) is 0.893. The van der Waals surface area contributed by atoms with Gasteiger partial charge in [-0.3, -0.25) is 9.48 Å². The Balaban J connectivity index is 2.77. The first-order chi connectivity index (χ1) is 8.30. The van der Waals surface area contributed by atoms with Crippen LogP contribution in [0.5, 0.6) is 0 Å². The molecule has 5 heteroatoms. The van der Waals surface area contributed by atoms with Gasteiger partial charge in [-0.25, -0.2) is 0 Å². The lowest BCUT2D eigenvalue weighted by atomic mass is 10.0. The number of amides is 1. The Morgan fingerprint density at radius 1 is 1.44 bits per heavy atom. The second-order valence-electron chi connectivity index (χ2n) is 5.30. The molecule has 0 aliphatic carbocycles. The maximum absolute atomic E-state index is 11.9. The van der Waals surface area contributed by atoms with E-state index in [0.29, 0.717) is 6.54 Å². The van der Waals surface area contributed by atoms with Crippen LogP contribution in [0.2, 0.25) is 0 Å². The number of aromatic nitrogens is 2. The van der Waals surface area contributed by atoms with Gasteiger partial charge in [-0.05, 0) is 34.1 Å². The first-order valence-electron chi connectivity index (χ1n) is 6.34. The molecular weight excluding hydrogens is 228 g/mol. The lowest BCUT2D eigenvalue weighted by molar-refractivity contribution is -0.123. The van der Waals surface area contributed by atoms with Crippen LogP contribution < -0.4 is 11.1 Å². The monoisotopic (exact) mass is 252 g/mol. The maximum atomic E-state index is 11.9. The number of carbonyl (C=O) groups excluding carboxylic acids is 1. The summed E-state index contributed by atoms with van der Waals surface area (Å²) in [6, 6.07) is 0. The van der Waals surface area contributed by atoms with Gasteiger partial charge in [0.15, 0.2) is 0 Å². The van der Waals surface area contributed by atoms with E-state index < -0.39 is 0 Å². The summed E-state index contributed by atoms with van der Waals surface area (Å²) in [5, 5.41) is 7.35. The van der Waals surface area contributed by atoms with E-state index in [-0.39, 0.29) is 18.0 Å². The zero-order valence-corrected chi connectivity index (χ0v) is 12.0. The molecule has 0 unspecified atom stereocenters. The smallest absolute Gasteiger partial charge is 0.242 e. The molecule has 0 aromatic carbocycles. The van der Waals surface area contributed by atoms with E-state index in [1.807, 2.05) is 27.7 Å². The Labute approximate surface area is 109 Å². The highest BCUT2D eigenvalue weighted by molar-refractivity contribution is 5.76. The molecule has 0 atom stereocenters. The van der Waals surface area contributed by atoms with Crippen LogP contribution in [-0.2, 0) is 17.9 Å². The molecule has 1 amide bonds. The molecule has 102 valence electrons. The predicted molar refractivity (Wildman–Crippen MR) is 72.1 cm³/mol. The van der Waals surface area contributed by atoms with Crippen LogP contribution in [0.1, 0.15) is 44.1 Å². The second kappa shape index (κ2) is 5.52. The van der Waals surface area contributed by atoms with Crippen LogP contribution in [0.25, 0.3) is 0 Å². The number of carbonyl (C=O) groups is 1. The summed E-state index contributed by atoms with van der Waals surface area (Å²) < 4.78 is 1.72. The number of nitrogens with zero attached hydrogens (tertiary/aromatic N) is 2. The van der Waals surface area contributed by atoms with Crippen molar-refractivity contribution in [3.8, 4) is 0 Å². The summed E-state index contributed by atoms with van der Waals surface area (Å²) in [6.45, 7) is 10.6. The van der Waals surface area contributed by atoms with Crippen molar-refractivity contribution in [2.75, 3.05) is 0 Å². The topological polar surface area (TPSA) is 72.9 Å². The van der Waals surface area contributed by atoms with Gasteiger partial charge in [-0.15, -0.1) is 0 Å². The molecule has 0 fully saturated rings. The molecule has 1 rings (SSSR count). The van der Waals surface area contributed by atoms with Crippen molar-refractivity contribution < 1.29 is 4.79 Å². The lowest BCUT2D eigenvalue weighted by Gasteiger charge is -2.24. The van der Waals surface area contributed by atoms with Gasteiger partial charge in [-0.1, -0.05) is 6.92 Å². The van der Waals surface area contributed by atoms with E-state index in [9.17, 15) is 4.79 Å². The van der Waals surface area contributed by atoms with Gasteiger partial charge in [0, 0.05) is 23.3 Å². The molecular formula is C13H24N4O. The van der Waals surface area contributed by atoms with Gasteiger partial charge in [0.25, 0.3) is 0 Å². The average molecular weight is 252 g/mol. The quantitative estimate of drug-likeness (QED) is 0.828. The normalized spacial score (nSPS) is 11.7. The highest BCUT2D eigenvalue weighted by atomic mass is 16.2. The predicted octanol–water partition coefficient (Wildman–Crippen LogP) is 1.26. The zero-order valence-electron chi connectivity index (χ0n) is 12.0. The van der Waals surface area contributed by atoms with Crippen LogP contribution in [0.3, 0.4) is 0 Å². The van der Waals surface area contributed by atoms with Crippen molar-refractivity contribution in [1.29, 1.82) is 0 Å². The van der Waals surface area contributed by atoms with E-state index in [1.54, 1.807) is 4.68 Å². The van der Waals surface area contributed by atoms with Crippen molar-refractivity contribution in [3.63, 3.8) is 0 Å². The van der Waals surface area contributed by atoms with E-state index >= 15 is 0 Å². The van der Waals surface area contributed by atoms with Crippen LogP contribution >= 0.6 is 0 Å². The number of nitrogens with one attached hydrogen (secondary N) is 1. The van der Waals surface area contributed by atoms with Crippen molar-refractivity contribution in [2.45, 2.75) is 59.7 Å². The van der Waals surface area contributed by atoms with Gasteiger partial charge in [0.2, 0.25) is 5.91 Å². The average Bonchev–Trinajstić information content (AvgIpc) is 2.53. The first-order valence-corrected chi connectivity index (χ1v) is 6.34. The SMILES string of the molecule is CCC(C)(C)NC(=O)Cn1nc(C)c(CN)c1C. The summed E-state index contributed by atoms with van der Waals surface area (Å²) in [5.41, 5.74) is 8.39. The number of nitrogens with two attached hydrogens (primary N) is 1. The van der Waals surface area contributed by atoms with Crippen molar-refractivity contribution >= 4 is 5.91 Å². The van der Waals surface area contributed by atoms with Gasteiger partial charge in [0.05, 0.1) is 5.69 Å². The summed E-state index contributed by atoms with van der Waals surface area (Å²) in [4.78, 5) is 11.9. The third-order valence-electron chi connectivity index (χ3n) is 3.39. The summed E-state index contributed by atoms with van der Waals surface area (Å²) in [5.74, 6) is -0.0176. The third kappa shape index (κ3) is 3.32. The van der Waals surface area contributed by atoms with Gasteiger partial charge < -0.3 is 11.1 Å². The fourth-order valence-corrected chi connectivity index (χ4v) is 1.82. The second-order valence-corrected chi connectivity index (χ2v) is 5.30. The van der Waals surface area contributed by atoms with Gasteiger partial charge in [-0.2, -0.15) is 5.10 Å². The van der Waals surface area contributed by atoms with Crippen LogP contribution in [0, 0.1) is 13.8 Å². The Hall–Kier alpha value is -1.36. The highest BCUT2D eigenvalue weighted by Crippen LogP contribution is 2.12. The van der Waals surface area contributed by atoms with Crippen LogP contribution in [-0.4, -0.2) is 21.2 Å². The van der Waals surface area contributed by atoms with Gasteiger partial charge in [0.1, 0.15) is 6.54 Å². The van der Waals surface area contributed by atoms with E-state index in [0.717, 1.165) is 23.4 Å². The minimum absolute atomic E-state index is 0.0176. The number of hydrogen-bond donors (Lipinski definition) is 2. The van der Waals surface area contributed by atoms with Crippen molar-refractivity contribution in [1.82, 2.24) is 15.1 Å². The van der Waals surface area contributed by atoms with Crippen LogP contribution in [0.4, 0.5) is 0 Å². The van der Waals surface area contributed by atoms with Gasteiger partial charge >= 0.3 is 0 Å². The molecule has 5 nitrogen and oxygen atoms in total. The standard InChI is InChI=1S/C13H24N4O/c1-6-13(4,5)15-12(18)8-17-10(3)11(7-14)9(2)16-17/h6-8,14H2,1-5H3,(H,15,18). The Kier molecular flexibility index (Phi) is 4.51. The number of aryl methyl sites for hydroxylation is 1. The number of rotatable bonds is 5. The van der Waals surface area contributed by atoms with Crippen LogP contribution in [0.15, 0.2) is 0 Å². The minimum Gasteiger partial charge on any atom is -0.350 e. The lowest BCUT2D eigenvalue weighted by Crippen LogP contribution is -2.44. The summed E-state index contributed by atoms with van der Waals surface area (Å²) in [7, 11) is 0. The molecule has 0 radical (unpaired) electrons. The largest absolute Gasteiger partial charge is 0.350 e. The highest BCUT2D eigenvalue weighted by Gasteiger charge is 2.19.